The van der Waals surface area contributed by atoms with Crippen LogP contribution in [-0.4, -0.2) is 19.2 Å². The predicted octanol–water partition coefficient (Wildman–Crippen LogP) is 4.92. The zero-order valence-electron chi connectivity index (χ0n) is 14.5. The molecule has 0 amide bonds. The van der Waals surface area contributed by atoms with Gasteiger partial charge in [0.1, 0.15) is 18.6 Å². The molecular weight excluding hydrogens is 288 g/mol. The normalized spacial score (nSPS) is 10.1. The molecule has 0 atom stereocenters. The quantitative estimate of drug-likeness (QED) is 0.369. The fourth-order valence-electron chi connectivity index (χ4n) is 1.74. The summed E-state index contributed by atoms with van der Waals surface area (Å²) in [6.45, 7) is 6.49. The van der Waals surface area contributed by atoms with Crippen LogP contribution in [0.15, 0.2) is 53.6 Å². The van der Waals surface area contributed by atoms with Crippen molar-refractivity contribution in [1.82, 2.24) is 0 Å². The maximum atomic E-state index is 10.1. The van der Waals surface area contributed by atoms with Gasteiger partial charge in [-0.3, -0.25) is 4.79 Å². The highest BCUT2D eigenvalue weighted by Gasteiger charge is 1.88. The lowest BCUT2D eigenvalue weighted by atomic mass is 10.1. The second kappa shape index (κ2) is 14.8. The van der Waals surface area contributed by atoms with Crippen LogP contribution in [0.2, 0.25) is 0 Å². The van der Waals surface area contributed by atoms with Crippen molar-refractivity contribution >= 4 is 12.6 Å². The molecular formula is C20H28O3. The molecule has 0 saturated heterocycles. The van der Waals surface area contributed by atoms with Crippen molar-refractivity contribution in [2.24, 2.45) is 0 Å². The van der Waals surface area contributed by atoms with Crippen LogP contribution in [0.4, 0.5) is 0 Å². The Hall–Kier alpha value is -2.16. The summed E-state index contributed by atoms with van der Waals surface area (Å²) in [6, 6.07) is 9.24. The van der Waals surface area contributed by atoms with Gasteiger partial charge in [-0.25, -0.2) is 0 Å². The number of ether oxygens (including phenoxy) is 1. The maximum Gasteiger partial charge on any atom is 0.157 e. The molecule has 0 unspecified atom stereocenters. The highest BCUT2D eigenvalue weighted by Crippen LogP contribution is 2.08. The van der Waals surface area contributed by atoms with Crippen LogP contribution in [0.25, 0.3) is 0 Å². The number of hydrogen-bond acceptors (Lipinski definition) is 3. The number of para-hydroxylation sites is 1. The number of carbonyl (C=O) groups is 2. The third kappa shape index (κ3) is 14.5. The molecule has 1 aromatic carbocycles. The molecule has 0 N–H and O–H groups in total. The minimum Gasteiger partial charge on any atom is -0.486 e. The molecule has 126 valence electrons. The Morgan fingerprint density at radius 2 is 1.61 bits per heavy atom. The van der Waals surface area contributed by atoms with Gasteiger partial charge in [0, 0.05) is 6.42 Å². The summed E-state index contributed by atoms with van der Waals surface area (Å²) < 4.78 is 4.99. The monoisotopic (exact) mass is 316 g/mol. The Kier molecular flexibility index (Phi) is 13.4. The molecule has 0 aliphatic rings. The van der Waals surface area contributed by atoms with Crippen molar-refractivity contribution in [2.45, 2.75) is 46.5 Å². The fraction of sp³-hybridized carbons (Fsp3) is 0.400. The molecule has 0 heterocycles. The van der Waals surface area contributed by atoms with Crippen molar-refractivity contribution in [3.8, 4) is 5.75 Å². The van der Waals surface area contributed by atoms with Crippen molar-refractivity contribution in [3.63, 3.8) is 0 Å². The largest absolute Gasteiger partial charge is 0.486 e. The summed E-state index contributed by atoms with van der Waals surface area (Å²) in [5, 5.41) is 0. The molecule has 0 aliphatic carbocycles. The highest BCUT2D eigenvalue weighted by molar-refractivity contribution is 5.51. The van der Waals surface area contributed by atoms with E-state index in [1.807, 2.05) is 30.3 Å². The molecule has 0 radical (unpaired) electrons. The van der Waals surface area contributed by atoms with Crippen molar-refractivity contribution in [3.05, 3.63) is 53.6 Å². The minimum absolute atomic E-state index is 0.129. The number of aldehydes is 2. The van der Waals surface area contributed by atoms with Gasteiger partial charge in [-0.2, -0.15) is 0 Å². The van der Waals surface area contributed by atoms with Crippen LogP contribution in [0.1, 0.15) is 46.5 Å². The molecule has 1 rings (SSSR count). The van der Waals surface area contributed by atoms with E-state index in [1.165, 1.54) is 11.1 Å². The molecule has 0 bridgehead atoms. The summed E-state index contributed by atoms with van der Waals surface area (Å²) in [5.74, 6) is 0.731. The second-order valence-corrected chi connectivity index (χ2v) is 5.41. The number of rotatable bonds is 9. The third-order valence-electron chi connectivity index (χ3n) is 2.93. The predicted molar refractivity (Wildman–Crippen MR) is 95.7 cm³/mol. The summed E-state index contributed by atoms with van der Waals surface area (Å²) in [5.41, 5.74) is 2.76. The van der Waals surface area contributed by atoms with E-state index in [0.29, 0.717) is 6.42 Å². The van der Waals surface area contributed by atoms with Gasteiger partial charge < -0.3 is 9.53 Å². The first-order valence-electron chi connectivity index (χ1n) is 7.94. The van der Waals surface area contributed by atoms with E-state index >= 15 is 0 Å². The van der Waals surface area contributed by atoms with Crippen LogP contribution in [0.3, 0.4) is 0 Å². The summed E-state index contributed by atoms with van der Waals surface area (Å²) in [4.78, 5) is 19.9. The Bertz CT molecular complexity index is 483. The van der Waals surface area contributed by atoms with Gasteiger partial charge >= 0.3 is 0 Å². The van der Waals surface area contributed by atoms with Crippen molar-refractivity contribution in [2.75, 3.05) is 6.61 Å². The van der Waals surface area contributed by atoms with Crippen LogP contribution < -0.4 is 4.74 Å². The molecule has 0 aromatic heterocycles. The molecule has 0 spiro atoms. The van der Waals surface area contributed by atoms with Crippen LogP contribution in [0, 0.1) is 0 Å². The van der Waals surface area contributed by atoms with Gasteiger partial charge in [-0.1, -0.05) is 41.5 Å². The highest BCUT2D eigenvalue weighted by atomic mass is 16.5. The first-order valence-corrected chi connectivity index (χ1v) is 7.94. The van der Waals surface area contributed by atoms with Crippen LogP contribution in [0.5, 0.6) is 5.75 Å². The van der Waals surface area contributed by atoms with E-state index in [4.69, 9.17) is 4.74 Å². The summed E-state index contributed by atoms with van der Waals surface area (Å²) in [7, 11) is 0. The zero-order valence-corrected chi connectivity index (χ0v) is 14.5. The van der Waals surface area contributed by atoms with Gasteiger partial charge in [0.25, 0.3) is 0 Å². The third-order valence-corrected chi connectivity index (χ3v) is 2.93. The maximum absolute atomic E-state index is 10.1. The molecule has 23 heavy (non-hydrogen) atoms. The first kappa shape index (κ1) is 20.8. The molecule has 1 aromatic rings. The molecule has 0 fully saturated rings. The fourth-order valence-corrected chi connectivity index (χ4v) is 1.74. The zero-order chi connectivity index (χ0) is 17.3. The topological polar surface area (TPSA) is 43.4 Å². The molecule has 3 heteroatoms. The average Bonchev–Trinajstić information content (AvgIpc) is 2.54. The molecule has 0 aliphatic heterocycles. The van der Waals surface area contributed by atoms with Gasteiger partial charge in [0.15, 0.2) is 6.29 Å². The second-order valence-electron chi connectivity index (χ2n) is 5.41. The summed E-state index contributed by atoms with van der Waals surface area (Å²) >= 11 is 0. The SMILES string of the molecule is CC(C)=CCCC(C)=CCCC=O.O=CCOc1ccccc1. The lowest BCUT2D eigenvalue weighted by Gasteiger charge is -1.98. The van der Waals surface area contributed by atoms with Crippen molar-refractivity contribution in [1.29, 1.82) is 0 Å². The number of benzene rings is 1. The Labute approximate surface area is 140 Å². The van der Waals surface area contributed by atoms with Crippen molar-refractivity contribution < 1.29 is 14.3 Å². The van der Waals surface area contributed by atoms with E-state index in [1.54, 1.807) is 0 Å². The van der Waals surface area contributed by atoms with Crippen LogP contribution in [-0.2, 0) is 9.59 Å². The van der Waals surface area contributed by atoms with Gasteiger partial charge in [0.05, 0.1) is 0 Å². The molecule has 3 nitrogen and oxygen atoms in total. The summed E-state index contributed by atoms with van der Waals surface area (Å²) in [6.07, 6.45) is 9.89. The Morgan fingerprint density at radius 3 is 2.17 bits per heavy atom. The number of carbonyl (C=O) groups excluding carboxylic acids is 2. The smallest absolute Gasteiger partial charge is 0.157 e. The Morgan fingerprint density at radius 1 is 0.913 bits per heavy atom. The van der Waals surface area contributed by atoms with E-state index in [2.05, 4.69) is 32.9 Å². The lowest BCUT2D eigenvalue weighted by Crippen LogP contribution is -1.96. The van der Waals surface area contributed by atoms with E-state index < -0.39 is 0 Å². The standard InChI is InChI=1S/C12H20O.C8H8O2/c1-11(2)7-6-9-12(3)8-4-5-10-13;9-6-7-10-8-4-2-1-3-5-8/h7-8,10H,4-6,9H2,1-3H3;1-6H,7H2. The van der Waals surface area contributed by atoms with Crippen LogP contribution >= 0.6 is 0 Å². The number of unbranched alkanes of at least 4 members (excludes halogenated alkanes) is 1. The van der Waals surface area contributed by atoms with Gasteiger partial charge in [-0.05, 0) is 52.2 Å². The minimum atomic E-state index is 0.129. The average molecular weight is 316 g/mol. The van der Waals surface area contributed by atoms with Gasteiger partial charge in [0.2, 0.25) is 0 Å². The van der Waals surface area contributed by atoms with E-state index in [9.17, 15) is 9.59 Å². The Balaban J connectivity index is 0.000000433. The lowest BCUT2D eigenvalue weighted by molar-refractivity contribution is -0.109. The van der Waals surface area contributed by atoms with E-state index in [-0.39, 0.29) is 6.61 Å². The first-order chi connectivity index (χ1) is 11.1. The van der Waals surface area contributed by atoms with Gasteiger partial charge in [-0.15, -0.1) is 0 Å². The molecule has 0 saturated carbocycles. The number of hydrogen-bond donors (Lipinski definition) is 0. The van der Waals surface area contributed by atoms with E-state index in [0.717, 1.165) is 37.6 Å². The number of allylic oxidation sites excluding steroid dienone is 4.